The molecular formula is C41H56F2N8O4Si. The molecule has 0 spiro atoms. The number of anilines is 4. The quantitative estimate of drug-likeness (QED) is 0.141. The van der Waals surface area contributed by atoms with Crippen LogP contribution in [-0.2, 0) is 9.59 Å². The fraction of sp³-hybridized carbons (Fsp3) is 0.463. The number of aliphatic carboxylic acids is 1. The monoisotopic (exact) mass is 790 g/mol. The van der Waals surface area contributed by atoms with Gasteiger partial charge in [-0.3, -0.25) is 9.59 Å². The number of aromatic nitrogens is 4. The van der Waals surface area contributed by atoms with E-state index in [2.05, 4.69) is 68.9 Å². The molecule has 56 heavy (non-hydrogen) atoms. The van der Waals surface area contributed by atoms with E-state index in [4.69, 9.17) is 15.3 Å². The molecule has 0 saturated carbocycles. The predicted octanol–water partition coefficient (Wildman–Crippen LogP) is 8.13. The number of nitrogens with two attached hydrogens (primary N) is 1. The Balaban J connectivity index is 0.000000230. The number of carbonyl (C=O) groups is 2. The van der Waals surface area contributed by atoms with Crippen LogP contribution in [0.25, 0.3) is 0 Å². The van der Waals surface area contributed by atoms with Crippen LogP contribution < -0.4 is 25.3 Å². The summed E-state index contributed by atoms with van der Waals surface area (Å²) in [5.74, 6) is 2.56. The molecule has 4 aromatic rings. The summed E-state index contributed by atoms with van der Waals surface area (Å²) in [5, 5.41) is 11.7. The fourth-order valence-corrected chi connectivity index (χ4v) is 7.00. The molecule has 15 heteroatoms. The van der Waals surface area contributed by atoms with Gasteiger partial charge in [0.05, 0.1) is 18.6 Å². The number of piperidine rings is 2. The van der Waals surface area contributed by atoms with Gasteiger partial charge in [-0.15, -0.1) is 0 Å². The van der Waals surface area contributed by atoms with E-state index in [1.54, 1.807) is 36.7 Å². The molecule has 2 saturated heterocycles. The van der Waals surface area contributed by atoms with E-state index >= 15 is 0 Å². The Labute approximate surface area is 330 Å². The maximum Gasteiger partial charge on any atom is 0.303 e. The number of aryl methyl sites for hydroxylation is 1. The average molecular weight is 791 g/mol. The van der Waals surface area contributed by atoms with Gasteiger partial charge < -0.3 is 30.4 Å². The van der Waals surface area contributed by atoms with Crippen LogP contribution in [0.4, 0.5) is 32.1 Å². The number of carboxylic acid groups (broad SMARTS) is 1. The molecule has 6 heterocycles. The summed E-state index contributed by atoms with van der Waals surface area (Å²) < 4.78 is 32.0. The SMILES string of the molecule is CC(C)(C)[Si](C)(C)Oc1ccc(NC(=O)CC2CCN(c3ccc(F)cn3)CC2)nc1.Cc1ccc(N)nc1.O=C(O)CC1CCN(c2ccc(F)cn2)CC1. The molecule has 0 bridgehead atoms. The van der Waals surface area contributed by atoms with Gasteiger partial charge in [0.25, 0.3) is 8.32 Å². The highest BCUT2D eigenvalue weighted by Gasteiger charge is 2.39. The first-order valence-electron chi connectivity index (χ1n) is 19.1. The minimum atomic E-state index is -1.91. The first kappa shape index (κ1) is 43.5. The number of hydrogen-bond donors (Lipinski definition) is 3. The smallest absolute Gasteiger partial charge is 0.303 e. The summed E-state index contributed by atoms with van der Waals surface area (Å²) in [6, 6.07) is 13.6. The average Bonchev–Trinajstić information content (AvgIpc) is 3.15. The first-order valence-corrected chi connectivity index (χ1v) is 22.0. The van der Waals surface area contributed by atoms with Gasteiger partial charge in [-0.1, -0.05) is 26.8 Å². The summed E-state index contributed by atoms with van der Waals surface area (Å²) in [4.78, 5) is 43.6. The van der Waals surface area contributed by atoms with Crippen molar-refractivity contribution < 1.29 is 27.9 Å². The van der Waals surface area contributed by atoms with Crippen molar-refractivity contribution in [1.29, 1.82) is 0 Å². The lowest BCUT2D eigenvalue weighted by molar-refractivity contribution is -0.138. The number of pyridine rings is 4. The summed E-state index contributed by atoms with van der Waals surface area (Å²) >= 11 is 0. The number of nitrogens with one attached hydrogen (secondary N) is 1. The molecule has 4 aromatic heterocycles. The number of nitrogens with zero attached hydrogens (tertiary/aromatic N) is 6. The van der Waals surface area contributed by atoms with Crippen molar-refractivity contribution in [1.82, 2.24) is 19.9 Å². The van der Waals surface area contributed by atoms with Crippen molar-refractivity contribution in [2.75, 3.05) is 47.0 Å². The van der Waals surface area contributed by atoms with Gasteiger partial charge in [-0.25, -0.2) is 28.7 Å². The molecule has 0 aromatic carbocycles. The number of hydrogen-bond acceptors (Lipinski definition) is 10. The summed E-state index contributed by atoms with van der Waals surface area (Å²) in [6.45, 7) is 16.2. The van der Waals surface area contributed by atoms with Crippen LogP contribution in [0.2, 0.25) is 18.1 Å². The van der Waals surface area contributed by atoms with Gasteiger partial charge in [0.15, 0.2) is 0 Å². The van der Waals surface area contributed by atoms with Crippen molar-refractivity contribution in [3.63, 3.8) is 0 Å². The molecule has 0 atom stereocenters. The lowest BCUT2D eigenvalue weighted by Crippen LogP contribution is -2.43. The molecule has 6 rings (SSSR count). The third kappa shape index (κ3) is 14.1. The number of carbonyl (C=O) groups excluding carboxylic acids is 1. The van der Waals surface area contributed by atoms with E-state index in [-0.39, 0.29) is 34.9 Å². The van der Waals surface area contributed by atoms with Gasteiger partial charge in [-0.05, 0) is 111 Å². The van der Waals surface area contributed by atoms with Crippen LogP contribution >= 0.6 is 0 Å². The second kappa shape index (κ2) is 20.1. The minimum Gasteiger partial charge on any atom is -0.542 e. The normalized spacial score (nSPS) is 15.1. The van der Waals surface area contributed by atoms with Crippen LogP contribution in [0, 0.1) is 30.4 Å². The van der Waals surface area contributed by atoms with Gasteiger partial charge in [0.1, 0.15) is 40.7 Å². The molecule has 4 N–H and O–H groups in total. The molecule has 2 aliphatic rings. The fourth-order valence-electron chi connectivity index (χ4n) is 5.99. The lowest BCUT2D eigenvalue weighted by atomic mass is 9.93. The third-order valence-corrected chi connectivity index (χ3v) is 14.7. The van der Waals surface area contributed by atoms with Gasteiger partial charge in [-0.2, -0.15) is 0 Å². The molecule has 2 aliphatic heterocycles. The Morgan fingerprint density at radius 1 is 0.786 bits per heavy atom. The number of halogens is 2. The van der Waals surface area contributed by atoms with Crippen molar-refractivity contribution in [2.45, 2.75) is 84.4 Å². The minimum absolute atomic E-state index is 0.0241. The van der Waals surface area contributed by atoms with Crippen molar-refractivity contribution in [3.8, 4) is 5.75 Å². The standard InChI is InChI=1S/C23H33FN4O2Si.C12H15FN2O2.C6H8N2/c1-23(2,3)31(4,5)30-19-7-8-20(25-16-19)27-22(29)14-17-10-12-28(13-11-17)21-9-6-18(24)15-26-21;13-10-1-2-11(14-8-10)15-5-3-9(4-6-15)7-12(16)17;1-5-2-3-6(7)8-4-5/h6-9,15-17H,10-14H2,1-5H3,(H,25,27,29);1-2,8-9H,3-7H2,(H,16,17);2-4H,1H3,(H2,7,8). The second-order valence-electron chi connectivity index (χ2n) is 15.9. The van der Waals surface area contributed by atoms with Crippen LogP contribution in [-0.4, -0.2) is 71.4 Å². The van der Waals surface area contributed by atoms with E-state index < -0.39 is 14.3 Å². The molecule has 0 radical (unpaired) electrons. The number of carboxylic acids is 1. The highest BCUT2D eigenvalue weighted by Crippen LogP contribution is 2.37. The van der Waals surface area contributed by atoms with Gasteiger partial charge >= 0.3 is 5.97 Å². The lowest BCUT2D eigenvalue weighted by Gasteiger charge is -2.36. The van der Waals surface area contributed by atoms with E-state index in [0.717, 1.165) is 74.8 Å². The number of rotatable bonds is 9. The first-order chi connectivity index (χ1) is 26.5. The van der Waals surface area contributed by atoms with E-state index in [1.165, 1.54) is 24.5 Å². The topological polar surface area (TPSA) is 160 Å². The highest BCUT2D eigenvalue weighted by atomic mass is 28.4. The maximum absolute atomic E-state index is 13.0. The van der Waals surface area contributed by atoms with Crippen molar-refractivity contribution in [2.24, 2.45) is 11.8 Å². The van der Waals surface area contributed by atoms with Gasteiger partial charge in [0.2, 0.25) is 5.91 Å². The summed E-state index contributed by atoms with van der Waals surface area (Å²) in [7, 11) is -1.91. The molecule has 1 amide bonds. The van der Waals surface area contributed by atoms with Crippen molar-refractivity contribution in [3.05, 3.63) is 90.5 Å². The Kier molecular flexibility index (Phi) is 15.6. The second-order valence-corrected chi connectivity index (χ2v) is 20.6. The summed E-state index contributed by atoms with van der Waals surface area (Å²) in [5.41, 5.74) is 6.45. The Morgan fingerprint density at radius 2 is 1.32 bits per heavy atom. The molecular weight excluding hydrogens is 735 g/mol. The van der Waals surface area contributed by atoms with Crippen LogP contribution in [0.5, 0.6) is 5.75 Å². The molecule has 2 fully saturated rings. The Hall–Kier alpha value is -5.18. The molecule has 302 valence electrons. The zero-order valence-electron chi connectivity index (χ0n) is 33.3. The molecule has 0 aliphatic carbocycles. The van der Waals surface area contributed by atoms with E-state index in [0.29, 0.717) is 24.0 Å². The highest BCUT2D eigenvalue weighted by molar-refractivity contribution is 6.74. The Bertz CT molecular complexity index is 1790. The number of nitrogen functional groups attached to an aromatic ring is 1. The van der Waals surface area contributed by atoms with Crippen molar-refractivity contribution >= 4 is 43.5 Å². The zero-order valence-corrected chi connectivity index (χ0v) is 34.3. The predicted molar refractivity (Wildman–Crippen MR) is 219 cm³/mol. The van der Waals surface area contributed by atoms with E-state index in [9.17, 15) is 18.4 Å². The van der Waals surface area contributed by atoms with E-state index in [1.807, 2.05) is 19.1 Å². The molecule has 12 nitrogen and oxygen atoms in total. The van der Waals surface area contributed by atoms with Gasteiger partial charge in [0, 0.05) is 45.2 Å². The third-order valence-electron chi connectivity index (χ3n) is 10.4. The Morgan fingerprint density at radius 3 is 1.71 bits per heavy atom. The maximum atomic E-state index is 13.0. The van der Waals surface area contributed by atoms with Crippen LogP contribution in [0.3, 0.4) is 0 Å². The zero-order chi connectivity index (χ0) is 40.9. The summed E-state index contributed by atoms with van der Waals surface area (Å²) in [6.07, 6.45) is 10.1. The molecule has 0 unspecified atom stereocenters. The number of amides is 1. The van der Waals surface area contributed by atoms with Crippen LogP contribution in [0.15, 0.2) is 73.3 Å². The van der Waals surface area contributed by atoms with Crippen LogP contribution in [0.1, 0.15) is 64.9 Å². The largest absolute Gasteiger partial charge is 0.542 e.